The molecule has 6 nitrogen and oxygen atoms in total. The number of rotatable bonds is 3. The number of nitrogens with zero attached hydrogens (tertiary/aromatic N) is 3. The van der Waals surface area contributed by atoms with Crippen molar-refractivity contribution in [2.24, 2.45) is 4.99 Å². The van der Waals surface area contributed by atoms with Crippen LogP contribution in [0.25, 0.3) is 5.69 Å². The third-order valence-electron chi connectivity index (χ3n) is 3.43. The Kier molecular flexibility index (Phi) is 5.77. The van der Waals surface area contributed by atoms with Gasteiger partial charge in [0.05, 0.1) is 11.4 Å². The molecule has 1 N–H and O–H groups in total. The van der Waals surface area contributed by atoms with Gasteiger partial charge in [-0.05, 0) is 38.1 Å². The van der Waals surface area contributed by atoms with Crippen molar-refractivity contribution in [3.63, 3.8) is 0 Å². The second kappa shape index (κ2) is 7.61. The molecule has 1 aromatic heterocycles. The molecule has 0 amide bonds. The van der Waals surface area contributed by atoms with Crippen LogP contribution in [0.1, 0.15) is 16.8 Å². The standard InChI is InChI=1S/C17H16N4O2.Na/c1-11-3-7-13(8-4-11)18-16(22)15-17(23)21(20-19-15)14-9-5-12(2)6-10-14;/h3-10,20H,1-2H3,(H,18,22);/q;+1/p-1. The van der Waals surface area contributed by atoms with Crippen LogP contribution >= 0.6 is 0 Å². The Labute approximate surface area is 161 Å². The zero-order chi connectivity index (χ0) is 16.4. The molecule has 7 heteroatoms. The predicted molar refractivity (Wildman–Crippen MR) is 86.3 cm³/mol. The van der Waals surface area contributed by atoms with E-state index in [0.29, 0.717) is 11.4 Å². The fourth-order valence-corrected chi connectivity index (χ4v) is 2.10. The van der Waals surface area contributed by atoms with E-state index < -0.39 is 11.5 Å². The Balaban J connectivity index is 0.00000208. The number of aromatic amines is 1. The number of aromatic nitrogens is 3. The van der Waals surface area contributed by atoms with Crippen molar-refractivity contribution < 1.29 is 34.7 Å². The van der Waals surface area contributed by atoms with Crippen molar-refractivity contribution in [1.82, 2.24) is 15.0 Å². The number of aryl methyl sites for hydroxylation is 2. The Bertz CT molecular complexity index is 909. The van der Waals surface area contributed by atoms with Crippen LogP contribution < -0.4 is 40.2 Å². The molecule has 0 bridgehead atoms. The first-order valence-electron chi connectivity index (χ1n) is 7.12. The molecule has 0 spiro atoms. The number of nitrogens with one attached hydrogen (secondary N) is 1. The van der Waals surface area contributed by atoms with Crippen LogP contribution in [0.3, 0.4) is 0 Å². The number of hydrogen-bond donors (Lipinski definition) is 1. The zero-order valence-electron chi connectivity index (χ0n) is 13.8. The smallest absolute Gasteiger partial charge is 0.857 e. The van der Waals surface area contributed by atoms with Crippen molar-refractivity contribution in [1.29, 1.82) is 0 Å². The molecule has 24 heavy (non-hydrogen) atoms. The molecule has 0 aliphatic heterocycles. The van der Waals surface area contributed by atoms with Gasteiger partial charge in [-0.25, -0.2) is 9.90 Å². The van der Waals surface area contributed by atoms with Crippen molar-refractivity contribution in [2.75, 3.05) is 0 Å². The topological polar surface area (TPSA) is 86.1 Å². The second-order valence-electron chi connectivity index (χ2n) is 5.29. The third kappa shape index (κ3) is 3.84. The number of benzene rings is 2. The van der Waals surface area contributed by atoms with Crippen LogP contribution in [0.5, 0.6) is 0 Å². The molecule has 2 aromatic carbocycles. The summed E-state index contributed by atoms with van der Waals surface area (Å²) >= 11 is 0. The molecule has 116 valence electrons. The maximum atomic E-state index is 12.3. The number of aliphatic imine (C=N–C) groups is 1. The molecule has 0 aliphatic rings. The summed E-state index contributed by atoms with van der Waals surface area (Å²) in [6.45, 7) is 3.90. The Morgan fingerprint density at radius 1 is 1.04 bits per heavy atom. The van der Waals surface area contributed by atoms with Gasteiger partial charge in [0.1, 0.15) is 0 Å². The average Bonchev–Trinajstić information content (AvgIpc) is 2.92. The van der Waals surface area contributed by atoms with E-state index in [-0.39, 0.29) is 35.3 Å². The molecule has 0 fully saturated rings. The summed E-state index contributed by atoms with van der Waals surface area (Å²) in [5.41, 5.74) is 2.50. The summed E-state index contributed by atoms with van der Waals surface area (Å²) in [4.78, 5) is 16.2. The third-order valence-corrected chi connectivity index (χ3v) is 3.43. The monoisotopic (exact) mass is 330 g/mol. The molecule has 0 saturated heterocycles. The summed E-state index contributed by atoms with van der Waals surface area (Å²) in [7, 11) is 0. The van der Waals surface area contributed by atoms with Crippen LogP contribution in [-0.4, -0.2) is 20.9 Å². The minimum absolute atomic E-state index is 0. The van der Waals surface area contributed by atoms with Crippen LogP contribution in [0.2, 0.25) is 0 Å². The van der Waals surface area contributed by atoms with E-state index in [0.717, 1.165) is 11.1 Å². The minimum atomic E-state index is -0.666. The zero-order valence-corrected chi connectivity index (χ0v) is 15.8. The van der Waals surface area contributed by atoms with Gasteiger partial charge in [-0.1, -0.05) is 35.4 Å². The number of hydrogen-bond acceptors (Lipinski definition) is 4. The molecular weight excluding hydrogens is 315 g/mol. The van der Waals surface area contributed by atoms with Gasteiger partial charge in [0.15, 0.2) is 5.69 Å². The molecular formula is C17H15N4NaO2. The normalized spacial score (nSPS) is 11.2. The van der Waals surface area contributed by atoms with Crippen molar-refractivity contribution in [3.05, 3.63) is 75.7 Å². The van der Waals surface area contributed by atoms with Gasteiger partial charge in [0, 0.05) is 5.90 Å². The average molecular weight is 330 g/mol. The van der Waals surface area contributed by atoms with E-state index in [1.807, 2.05) is 38.1 Å². The van der Waals surface area contributed by atoms with Gasteiger partial charge in [-0.3, -0.25) is 9.79 Å². The summed E-state index contributed by atoms with van der Waals surface area (Å²) in [6, 6.07) is 14.4. The Hall–Kier alpha value is -2.15. The van der Waals surface area contributed by atoms with Gasteiger partial charge in [0.25, 0.3) is 5.56 Å². The van der Waals surface area contributed by atoms with Crippen molar-refractivity contribution in [2.45, 2.75) is 13.8 Å². The fraction of sp³-hybridized carbons (Fsp3) is 0.118. The van der Waals surface area contributed by atoms with Crippen LogP contribution in [0.4, 0.5) is 5.69 Å². The van der Waals surface area contributed by atoms with E-state index >= 15 is 0 Å². The van der Waals surface area contributed by atoms with Gasteiger partial charge < -0.3 is 5.11 Å². The van der Waals surface area contributed by atoms with E-state index in [2.05, 4.69) is 15.3 Å². The van der Waals surface area contributed by atoms with Gasteiger partial charge in [-0.2, -0.15) is 5.10 Å². The summed E-state index contributed by atoms with van der Waals surface area (Å²) < 4.78 is 1.22. The van der Waals surface area contributed by atoms with Gasteiger partial charge >= 0.3 is 29.6 Å². The quantitative estimate of drug-likeness (QED) is 0.365. The largest absolute Gasteiger partial charge is 1.00 e. The molecule has 1 heterocycles. The SMILES string of the molecule is Cc1ccc(N=C([O-])c2n[nH]n(-c3ccc(C)cc3)c2=O)cc1.[Na+]. The molecule has 3 aromatic rings. The molecule has 3 rings (SSSR count). The first kappa shape index (κ1) is 18.2. The fourth-order valence-electron chi connectivity index (χ4n) is 2.10. The van der Waals surface area contributed by atoms with Gasteiger partial charge in [-0.15, -0.1) is 0 Å². The molecule has 0 aliphatic carbocycles. The Morgan fingerprint density at radius 3 is 2.17 bits per heavy atom. The van der Waals surface area contributed by atoms with E-state index in [9.17, 15) is 9.90 Å². The number of H-pyrrole nitrogens is 1. The first-order chi connectivity index (χ1) is 11.0. The summed E-state index contributed by atoms with van der Waals surface area (Å²) in [5.74, 6) is -0.666. The maximum Gasteiger partial charge on any atom is 1.00 e. The Morgan fingerprint density at radius 2 is 1.58 bits per heavy atom. The first-order valence-corrected chi connectivity index (χ1v) is 7.12. The van der Waals surface area contributed by atoms with E-state index in [1.54, 1.807) is 24.3 Å². The maximum absolute atomic E-state index is 12.3. The van der Waals surface area contributed by atoms with Crippen LogP contribution in [-0.2, 0) is 0 Å². The van der Waals surface area contributed by atoms with Crippen molar-refractivity contribution in [3.8, 4) is 5.69 Å². The summed E-state index contributed by atoms with van der Waals surface area (Å²) in [6.07, 6.45) is 0. The van der Waals surface area contributed by atoms with E-state index in [4.69, 9.17) is 0 Å². The molecule has 0 unspecified atom stereocenters. The van der Waals surface area contributed by atoms with Gasteiger partial charge in [0.2, 0.25) is 0 Å². The van der Waals surface area contributed by atoms with Crippen LogP contribution in [0, 0.1) is 13.8 Å². The molecule has 0 atom stereocenters. The van der Waals surface area contributed by atoms with E-state index in [1.165, 1.54) is 4.68 Å². The predicted octanol–water partition coefficient (Wildman–Crippen LogP) is -1.38. The van der Waals surface area contributed by atoms with Crippen molar-refractivity contribution >= 4 is 11.6 Å². The summed E-state index contributed by atoms with van der Waals surface area (Å²) in [5, 5.41) is 18.5. The molecule has 0 radical (unpaired) electrons. The minimum Gasteiger partial charge on any atom is -0.857 e. The molecule has 0 saturated carbocycles. The second-order valence-corrected chi connectivity index (χ2v) is 5.29. The van der Waals surface area contributed by atoms with Crippen LogP contribution in [0.15, 0.2) is 58.3 Å².